The Morgan fingerprint density at radius 2 is 1.33 bits per heavy atom. The Hall–Kier alpha value is 1.60. The Kier molecular flexibility index (Phi) is 18.0. The minimum absolute atomic E-state index is 0. The molecule has 0 atom stereocenters. The van der Waals surface area contributed by atoms with Crippen LogP contribution in [0.25, 0.3) is 5.32 Å². The molecular weight excluding hydrogens is 137 g/mol. The maximum Gasteiger partial charge on any atom is 1.00 e. The molecule has 0 aromatic heterocycles. The predicted molar refractivity (Wildman–Crippen MR) is 38.3 cm³/mol. The van der Waals surface area contributed by atoms with Crippen molar-refractivity contribution < 1.29 is 51.4 Å². The van der Waals surface area contributed by atoms with Crippen molar-refractivity contribution in [2.45, 2.75) is 33.1 Å². The number of piperidine rings is 1. The van der Waals surface area contributed by atoms with Crippen molar-refractivity contribution in [2.24, 2.45) is 0 Å². The van der Waals surface area contributed by atoms with Crippen LogP contribution in [0.2, 0.25) is 0 Å². The average Bonchev–Trinajstić information content (AvgIpc) is 1.96. The molecule has 50 valence electrons. The van der Waals surface area contributed by atoms with Gasteiger partial charge < -0.3 is 5.32 Å². The van der Waals surface area contributed by atoms with Gasteiger partial charge >= 0.3 is 51.4 Å². The Balaban J connectivity index is 0. The van der Waals surface area contributed by atoms with E-state index in [9.17, 15) is 0 Å². The number of nitrogens with zero attached hydrogens (tertiary/aromatic N) is 1. The third-order valence-corrected chi connectivity index (χ3v) is 1.13. The predicted octanol–water partition coefficient (Wildman–Crippen LogP) is -0.426. The quantitative estimate of drug-likeness (QED) is 0.420. The van der Waals surface area contributed by atoms with Gasteiger partial charge in [-0.05, 0) is 0 Å². The van der Waals surface area contributed by atoms with Crippen molar-refractivity contribution in [3.05, 3.63) is 5.32 Å². The summed E-state index contributed by atoms with van der Waals surface area (Å²) in [6.07, 6.45) is 4.07. The van der Waals surface area contributed by atoms with E-state index in [1.165, 1.54) is 19.3 Å². The average molecular weight is 153 g/mol. The van der Waals surface area contributed by atoms with Crippen LogP contribution in [-0.4, -0.2) is 13.1 Å². The summed E-state index contributed by atoms with van der Waals surface area (Å²) in [5.41, 5.74) is 0. The van der Waals surface area contributed by atoms with Crippen LogP contribution in [0.5, 0.6) is 0 Å². The third-order valence-electron chi connectivity index (χ3n) is 1.13. The molecule has 1 aliphatic rings. The van der Waals surface area contributed by atoms with E-state index in [0.717, 1.165) is 13.1 Å². The first-order valence-corrected chi connectivity index (χ1v) is 3.63. The fourth-order valence-electron chi connectivity index (χ4n) is 0.736. The van der Waals surface area contributed by atoms with Gasteiger partial charge in [0.2, 0.25) is 0 Å². The molecule has 0 aromatic rings. The van der Waals surface area contributed by atoms with Gasteiger partial charge in [-0.1, -0.05) is 33.1 Å². The van der Waals surface area contributed by atoms with Gasteiger partial charge in [-0.25, -0.2) is 0 Å². The van der Waals surface area contributed by atoms with Gasteiger partial charge in [-0.3, -0.25) is 0 Å². The number of hydrogen-bond acceptors (Lipinski definition) is 0. The first kappa shape index (κ1) is 13.2. The maximum absolute atomic E-state index is 4.18. The van der Waals surface area contributed by atoms with Gasteiger partial charge in [0.05, 0.1) is 0 Å². The normalized spacial score (nSPS) is 16.7. The van der Waals surface area contributed by atoms with Gasteiger partial charge in [-0.2, -0.15) is 0 Å². The van der Waals surface area contributed by atoms with Crippen LogP contribution in [0.4, 0.5) is 0 Å². The molecule has 0 aliphatic carbocycles. The Labute approximate surface area is 101 Å². The first-order chi connectivity index (χ1) is 4.00. The van der Waals surface area contributed by atoms with Crippen LogP contribution in [-0.2, 0) is 0 Å². The zero-order valence-corrected chi connectivity index (χ0v) is 10.1. The van der Waals surface area contributed by atoms with E-state index in [0.29, 0.717) is 0 Å². The number of rotatable bonds is 0. The molecule has 2 heteroatoms. The van der Waals surface area contributed by atoms with Gasteiger partial charge in [0.1, 0.15) is 0 Å². The number of hydrogen-bond donors (Lipinski definition) is 0. The Bertz CT molecular complexity index is 24.4. The molecule has 0 aromatic carbocycles. The van der Waals surface area contributed by atoms with Crippen molar-refractivity contribution >= 4 is 0 Å². The molecule has 0 spiro atoms. The largest absolute Gasteiger partial charge is 1.00 e. The molecule has 1 fully saturated rings. The SMILES string of the molecule is C1CC[N-]CC1.CC.[K+]. The van der Waals surface area contributed by atoms with Gasteiger partial charge in [0, 0.05) is 0 Å². The van der Waals surface area contributed by atoms with E-state index in [1.54, 1.807) is 0 Å². The zero-order valence-electron chi connectivity index (χ0n) is 6.98. The van der Waals surface area contributed by atoms with Gasteiger partial charge in [0.25, 0.3) is 0 Å². The van der Waals surface area contributed by atoms with Crippen molar-refractivity contribution in [1.82, 2.24) is 0 Å². The zero-order chi connectivity index (χ0) is 6.24. The molecule has 1 heterocycles. The van der Waals surface area contributed by atoms with E-state index in [4.69, 9.17) is 0 Å². The second kappa shape index (κ2) is 12.3. The summed E-state index contributed by atoms with van der Waals surface area (Å²) in [4.78, 5) is 0. The fourth-order valence-corrected chi connectivity index (χ4v) is 0.736. The molecule has 0 amide bonds. The molecule has 0 saturated carbocycles. The molecular formula is C7H16KN. The molecule has 1 rings (SSSR count). The minimum Gasteiger partial charge on any atom is -0.662 e. The standard InChI is InChI=1S/C5H10N.C2H6.K/c1-2-4-6-5-3-1;1-2;/h1-5H2;1-2H3;/q-1;;+1. The van der Waals surface area contributed by atoms with Crippen LogP contribution in [0, 0.1) is 0 Å². The molecule has 1 nitrogen and oxygen atoms in total. The van der Waals surface area contributed by atoms with Crippen molar-refractivity contribution in [3.8, 4) is 0 Å². The van der Waals surface area contributed by atoms with Gasteiger partial charge in [-0.15, -0.1) is 13.1 Å². The second-order valence-corrected chi connectivity index (χ2v) is 1.73. The topological polar surface area (TPSA) is 14.1 Å². The van der Waals surface area contributed by atoms with Crippen LogP contribution in [0.3, 0.4) is 0 Å². The van der Waals surface area contributed by atoms with Crippen LogP contribution < -0.4 is 51.4 Å². The second-order valence-electron chi connectivity index (χ2n) is 1.73. The smallest absolute Gasteiger partial charge is 0.662 e. The van der Waals surface area contributed by atoms with Gasteiger partial charge in [0.15, 0.2) is 0 Å². The molecule has 0 unspecified atom stereocenters. The molecule has 0 N–H and O–H groups in total. The maximum atomic E-state index is 4.18. The van der Waals surface area contributed by atoms with E-state index < -0.39 is 0 Å². The van der Waals surface area contributed by atoms with Crippen LogP contribution in [0.1, 0.15) is 33.1 Å². The summed E-state index contributed by atoms with van der Waals surface area (Å²) in [5, 5.41) is 4.18. The molecule has 9 heavy (non-hydrogen) atoms. The fraction of sp³-hybridized carbons (Fsp3) is 1.00. The van der Waals surface area contributed by atoms with Crippen molar-refractivity contribution in [1.29, 1.82) is 0 Å². The summed E-state index contributed by atoms with van der Waals surface area (Å²) < 4.78 is 0. The van der Waals surface area contributed by atoms with E-state index in [1.807, 2.05) is 13.8 Å². The summed E-state index contributed by atoms with van der Waals surface area (Å²) >= 11 is 0. The van der Waals surface area contributed by atoms with E-state index >= 15 is 0 Å². The van der Waals surface area contributed by atoms with Crippen LogP contribution in [0.15, 0.2) is 0 Å². The monoisotopic (exact) mass is 153 g/mol. The van der Waals surface area contributed by atoms with E-state index in [2.05, 4.69) is 5.32 Å². The molecule has 0 radical (unpaired) electrons. The van der Waals surface area contributed by atoms with Crippen LogP contribution >= 0.6 is 0 Å². The van der Waals surface area contributed by atoms with Crippen molar-refractivity contribution in [2.75, 3.05) is 13.1 Å². The first-order valence-electron chi connectivity index (χ1n) is 3.63. The third kappa shape index (κ3) is 9.60. The van der Waals surface area contributed by atoms with Crippen molar-refractivity contribution in [3.63, 3.8) is 0 Å². The molecule has 1 saturated heterocycles. The summed E-state index contributed by atoms with van der Waals surface area (Å²) in [6, 6.07) is 0. The van der Waals surface area contributed by atoms with E-state index in [-0.39, 0.29) is 51.4 Å². The summed E-state index contributed by atoms with van der Waals surface area (Å²) in [5.74, 6) is 0. The summed E-state index contributed by atoms with van der Waals surface area (Å²) in [7, 11) is 0. The molecule has 1 aliphatic heterocycles. The summed E-state index contributed by atoms with van der Waals surface area (Å²) in [6.45, 7) is 6.25. The minimum atomic E-state index is 0. The Morgan fingerprint density at radius 3 is 1.44 bits per heavy atom. The molecule has 0 bridgehead atoms. The Morgan fingerprint density at radius 1 is 0.889 bits per heavy atom.